The van der Waals surface area contributed by atoms with Crippen molar-refractivity contribution in [3.63, 3.8) is 0 Å². The van der Waals surface area contributed by atoms with Crippen LogP contribution in [-0.2, 0) is 5.60 Å². The first-order valence-electron chi connectivity index (χ1n) is 11.7. The number of ether oxygens (including phenoxy) is 1. The van der Waals surface area contributed by atoms with Crippen molar-refractivity contribution in [3.8, 4) is 22.9 Å². The third-order valence-electron chi connectivity index (χ3n) is 6.95. The molecule has 0 radical (unpaired) electrons. The van der Waals surface area contributed by atoms with Crippen molar-refractivity contribution in [1.82, 2.24) is 24.6 Å². The Kier molecular flexibility index (Phi) is 5.58. The standard InChI is InChI=1S/C25H32N6O2/c1-16-10-17(12-19(11-16)25(2,32)18-4-5-18)22-14-27-23(26)24(29-22)33-21-13-28-31(15-21)20-6-8-30(3)9-7-20/h10-15,18,20,32H,4-9H2,1-3H3,(H2,26,27). The van der Waals surface area contributed by atoms with Gasteiger partial charge in [-0.15, -0.1) is 0 Å². The Balaban J connectivity index is 1.39. The molecule has 1 aliphatic carbocycles. The molecule has 3 aromatic rings. The van der Waals surface area contributed by atoms with Gasteiger partial charge in [0, 0.05) is 5.56 Å². The van der Waals surface area contributed by atoms with Crippen LogP contribution in [0.25, 0.3) is 11.3 Å². The number of likely N-dealkylation sites (tertiary alicyclic amines) is 1. The average Bonchev–Trinajstić information content (AvgIpc) is 3.56. The Bertz CT molecular complexity index is 1150. The number of nitrogens with zero attached hydrogens (tertiary/aromatic N) is 5. The van der Waals surface area contributed by atoms with E-state index in [1.54, 1.807) is 12.4 Å². The van der Waals surface area contributed by atoms with Gasteiger partial charge in [-0.2, -0.15) is 5.10 Å². The molecule has 1 saturated heterocycles. The van der Waals surface area contributed by atoms with Gasteiger partial charge < -0.3 is 20.5 Å². The van der Waals surface area contributed by atoms with Gasteiger partial charge in [-0.3, -0.25) is 4.68 Å². The van der Waals surface area contributed by atoms with Gasteiger partial charge in [0.15, 0.2) is 11.6 Å². The van der Waals surface area contributed by atoms with E-state index in [-0.39, 0.29) is 11.7 Å². The van der Waals surface area contributed by atoms with E-state index in [9.17, 15) is 5.11 Å². The summed E-state index contributed by atoms with van der Waals surface area (Å²) in [7, 11) is 2.15. The average molecular weight is 449 g/mol. The summed E-state index contributed by atoms with van der Waals surface area (Å²) in [6.07, 6.45) is 9.49. The zero-order valence-electron chi connectivity index (χ0n) is 19.5. The van der Waals surface area contributed by atoms with E-state index < -0.39 is 5.60 Å². The van der Waals surface area contributed by atoms with Crippen LogP contribution in [0.2, 0.25) is 0 Å². The Morgan fingerprint density at radius 1 is 1.12 bits per heavy atom. The topological polar surface area (TPSA) is 102 Å². The second kappa shape index (κ2) is 8.43. The van der Waals surface area contributed by atoms with Crippen LogP contribution in [-0.4, -0.2) is 49.9 Å². The first kappa shape index (κ1) is 21.9. The van der Waals surface area contributed by atoms with E-state index in [2.05, 4.69) is 27.0 Å². The van der Waals surface area contributed by atoms with Crippen LogP contribution in [0.5, 0.6) is 11.6 Å². The second-order valence-electron chi connectivity index (χ2n) is 9.75. The highest BCUT2D eigenvalue weighted by Crippen LogP contribution is 2.46. The monoisotopic (exact) mass is 448 g/mol. The summed E-state index contributed by atoms with van der Waals surface area (Å²) < 4.78 is 7.97. The molecule has 1 unspecified atom stereocenters. The highest BCUT2D eigenvalue weighted by Gasteiger charge is 2.41. The maximum atomic E-state index is 11.0. The highest BCUT2D eigenvalue weighted by atomic mass is 16.5. The zero-order chi connectivity index (χ0) is 23.2. The molecule has 1 aliphatic heterocycles. The minimum absolute atomic E-state index is 0.226. The lowest BCUT2D eigenvalue weighted by Crippen LogP contribution is -2.31. The minimum atomic E-state index is -0.843. The van der Waals surface area contributed by atoms with Crippen LogP contribution in [0, 0.1) is 12.8 Å². The van der Waals surface area contributed by atoms with Crippen molar-refractivity contribution < 1.29 is 9.84 Å². The maximum absolute atomic E-state index is 11.0. The van der Waals surface area contributed by atoms with Crippen molar-refractivity contribution >= 4 is 5.82 Å². The number of aromatic nitrogens is 4. The molecule has 174 valence electrons. The third kappa shape index (κ3) is 4.58. The summed E-state index contributed by atoms with van der Waals surface area (Å²) in [5.74, 6) is 1.38. The van der Waals surface area contributed by atoms with Gasteiger partial charge in [0.1, 0.15) is 0 Å². The molecule has 1 aromatic carbocycles. The fourth-order valence-electron chi connectivity index (χ4n) is 4.64. The van der Waals surface area contributed by atoms with Gasteiger partial charge in [0.2, 0.25) is 0 Å². The lowest BCUT2D eigenvalue weighted by atomic mass is 9.88. The highest BCUT2D eigenvalue weighted by molar-refractivity contribution is 5.63. The summed E-state index contributed by atoms with van der Waals surface area (Å²) in [4.78, 5) is 11.3. The van der Waals surface area contributed by atoms with Gasteiger partial charge in [0.25, 0.3) is 5.88 Å². The van der Waals surface area contributed by atoms with Crippen molar-refractivity contribution in [2.75, 3.05) is 25.9 Å². The predicted molar refractivity (Wildman–Crippen MR) is 127 cm³/mol. The Morgan fingerprint density at radius 3 is 2.61 bits per heavy atom. The van der Waals surface area contributed by atoms with Crippen LogP contribution in [0.15, 0.2) is 36.8 Å². The summed E-state index contributed by atoms with van der Waals surface area (Å²) in [5.41, 5.74) is 8.74. The molecule has 1 atom stereocenters. The van der Waals surface area contributed by atoms with Crippen LogP contribution in [0.3, 0.4) is 0 Å². The number of aliphatic hydroxyl groups is 1. The largest absolute Gasteiger partial charge is 0.433 e. The molecule has 33 heavy (non-hydrogen) atoms. The van der Waals surface area contributed by atoms with E-state index in [1.165, 1.54) is 0 Å². The predicted octanol–water partition coefficient (Wildman–Crippen LogP) is 3.91. The molecular weight excluding hydrogens is 416 g/mol. The van der Waals surface area contributed by atoms with Crippen molar-refractivity contribution in [3.05, 3.63) is 47.9 Å². The molecular formula is C25H32N6O2. The molecule has 2 aliphatic rings. The number of hydrogen-bond donors (Lipinski definition) is 2. The van der Waals surface area contributed by atoms with Gasteiger partial charge in [-0.05, 0) is 83.3 Å². The summed E-state index contributed by atoms with van der Waals surface area (Å²) in [5, 5.41) is 15.5. The molecule has 2 fully saturated rings. The van der Waals surface area contributed by atoms with Gasteiger partial charge in [-0.25, -0.2) is 9.97 Å². The van der Waals surface area contributed by atoms with Crippen LogP contribution in [0.4, 0.5) is 5.82 Å². The quantitative estimate of drug-likeness (QED) is 0.589. The SMILES string of the molecule is Cc1cc(-c2cnc(N)c(Oc3cnn(C4CCN(C)CC4)c3)n2)cc(C(C)(O)C2CC2)c1. The van der Waals surface area contributed by atoms with Gasteiger partial charge >= 0.3 is 0 Å². The van der Waals surface area contributed by atoms with Crippen molar-refractivity contribution in [1.29, 1.82) is 0 Å². The maximum Gasteiger partial charge on any atom is 0.263 e. The molecule has 8 nitrogen and oxygen atoms in total. The van der Waals surface area contributed by atoms with Gasteiger partial charge in [-0.1, -0.05) is 11.6 Å². The van der Waals surface area contributed by atoms with E-state index >= 15 is 0 Å². The molecule has 2 aromatic heterocycles. The Hall–Kier alpha value is -2.97. The Morgan fingerprint density at radius 2 is 1.88 bits per heavy atom. The number of piperidine rings is 1. The fraction of sp³-hybridized carbons (Fsp3) is 0.480. The van der Waals surface area contributed by atoms with E-state index in [0.717, 1.165) is 55.5 Å². The number of aryl methyl sites for hydroxylation is 1. The van der Waals surface area contributed by atoms with E-state index in [0.29, 0.717) is 23.4 Å². The molecule has 0 spiro atoms. The molecule has 0 amide bonds. The second-order valence-corrected chi connectivity index (χ2v) is 9.75. The van der Waals surface area contributed by atoms with E-state index in [4.69, 9.17) is 10.5 Å². The van der Waals surface area contributed by atoms with E-state index in [1.807, 2.05) is 42.9 Å². The van der Waals surface area contributed by atoms with Crippen LogP contribution in [0.1, 0.15) is 49.8 Å². The normalized spacial score (nSPS) is 19.4. The number of nitrogen functional groups attached to an aromatic ring is 1. The number of anilines is 1. The summed E-state index contributed by atoms with van der Waals surface area (Å²) in [6.45, 7) is 6.05. The first-order chi connectivity index (χ1) is 15.8. The van der Waals surface area contributed by atoms with Crippen molar-refractivity contribution in [2.24, 2.45) is 5.92 Å². The molecule has 3 heterocycles. The van der Waals surface area contributed by atoms with Crippen LogP contribution >= 0.6 is 0 Å². The smallest absolute Gasteiger partial charge is 0.263 e. The molecule has 8 heteroatoms. The zero-order valence-corrected chi connectivity index (χ0v) is 19.5. The number of benzene rings is 1. The minimum Gasteiger partial charge on any atom is -0.433 e. The third-order valence-corrected chi connectivity index (χ3v) is 6.95. The molecule has 3 N–H and O–H groups in total. The fourth-order valence-corrected chi connectivity index (χ4v) is 4.64. The summed E-state index contributed by atoms with van der Waals surface area (Å²) in [6, 6.07) is 6.45. The Labute approximate surface area is 194 Å². The summed E-state index contributed by atoms with van der Waals surface area (Å²) >= 11 is 0. The molecule has 5 rings (SSSR count). The lowest BCUT2D eigenvalue weighted by Gasteiger charge is -2.28. The molecule has 1 saturated carbocycles. The van der Waals surface area contributed by atoms with Crippen molar-refractivity contribution in [2.45, 2.75) is 51.2 Å². The number of rotatable bonds is 6. The number of nitrogens with two attached hydrogens (primary N) is 1. The first-order valence-corrected chi connectivity index (χ1v) is 11.7. The number of hydrogen-bond acceptors (Lipinski definition) is 7. The van der Waals surface area contributed by atoms with Gasteiger partial charge in [0.05, 0.1) is 35.9 Å². The lowest BCUT2D eigenvalue weighted by molar-refractivity contribution is 0.0330. The van der Waals surface area contributed by atoms with Crippen LogP contribution < -0.4 is 10.5 Å². The molecule has 0 bridgehead atoms.